The van der Waals surface area contributed by atoms with E-state index in [4.69, 9.17) is 9.47 Å². The van der Waals surface area contributed by atoms with E-state index in [1.54, 1.807) is 0 Å². The summed E-state index contributed by atoms with van der Waals surface area (Å²) in [6, 6.07) is 0.224. The Labute approximate surface area is 263 Å². The number of aryl methyl sites for hydroxylation is 2. The van der Waals surface area contributed by atoms with Crippen molar-refractivity contribution in [2.45, 2.75) is 103 Å². The third-order valence-corrected chi connectivity index (χ3v) is 11.9. The molecule has 1 aromatic rings. The molecule has 5 saturated heterocycles. The van der Waals surface area contributed by atoms with Crippen LogP contribution in [0.15, 0.2) is 6.33 Å². The molecule has 244 valence electrons. The maximum atomic E-state index is 13.9. The molecule has 6 rings (SSSR count). The molecule has 10 nitrogen and oxygen atoms in total. The van der Waals surface area contributed by atoms with Gasteiger partial charge in [0.2, 0.25) is 0 Å². The minimum Gasteiger partial charge on any atom is -0.442 e. The first-order valence-electron chi connectivity index (χ1n) is 17.4. The first-order chi connectivity index (χ1) is 21.2. The van der Waals surface area contributed by atoms with E-state index in [0.717, 1.165) is 122 Å². The van der Waals surface area contributed by atoms with Crippen molar-refractivity contribution in [3.8, 4) is 0 Å². The number of piperidine rings is 3. The van der Waals surface area contributed by atoms with Crippen molar-refractivity contribution < 1.29 is 19.1 Å². The second-order valence-corrected chi connectivity index (χ2v) is 14.5. The van der Waals surface area contributed by atoms with Crippen LogP contribution in [0.25, 0.3) is 0 Å². The molecule has 44 heavy (non-hydrogen) atoms. The molecule has 10 heteroatoms. The second-order valence-electron chi connectivity index (χ2n) is 14.5. The Morgan fingerprint density at radius 3 is 2.27 bits per heavy atom. The van der Waals surface area contributed by atoms with Gasteiger partial charge >= 0.3 is 6.09 Å². The molecule has 1 aromatic heterocycles. The largest absolute Gasteiger partial charge is 0.442 e. The van der Waals surface area contributed by atoms with Crippen molar-refractivity contribution in [1.29, 1.82) is 0 Å². The van der Waals surface area contributed by atoms with Gasteiger partial charge in [-0.05, 0) is 71.9 Å². The Kier molecular flexibility index (Phi) is 9.50. The van der Waals surface area contributed by atoms with Crippen LogP contribution >= 0.6 is 0 Å². The maximum Gasteiger partial charge on any atom is 0.410 e. The topological polar surface area (TPSA) is 100 Å². The van der Waals surface area contributed by atoms with Crippen LogP contribution in [0.2, 0.25) is 0 Å². The number of aromatic nitrogens is 2. The van der Waals surface area contributed by atoms with Crippen molar-refractivity contribution in [3.63, 3.8) is 0 Å². The minimum atomic E-state index is -0.372. The van der Waals surface area contributed by atoms with Gasteiger partial charge in [-0.15, -0.1) is 0 Å². The summed E-state index contributed by atoms with van der Waals surface area (Å²) in [5.74, 6) is 1.35. The first-order valence-corrected chi connectivity index (χ1v) is 17.4. The number of likely N-dealkylation sites (tertiary alicyclic amines) is 2. The molecule has 5 fully saturated rings. The van der Waals surface area contributed by atoms with E-state index in [9.17, 15) is 9.59 Å². The zero-order chi connectivity index (χ0) is 30.9. The Hall–Kier alpha value is -2.30. The first kappa shape index (κ1) is 31.7. The number of nitrogens with zero attached hydrogens (tertiary/aromatic N) is 5. The number of unbranched alkanes of at least 4 members (excludes halogenated alkanes) is 1. The third-order valence-electron chi connectivity index (χ3n) is 11.9. The summed E-state index contributed by atoms with van der Waals surface area (Å²) in [6.45, 7) is 16.1. The summed E-state index contributed by atoms with van der Waals surface area (Å²) < 4.78 is 12.3. The quantitative estimate of drug-likeness (QED) is 0.468. The molecule has 0 bridgehead atoms. The average Bonchev–Trinajstić information content (AvgIpc) is 3.00. The lowest BCUT2D eigenvalue weighted by atomic mass is 9.73. The van der Waals surface area contributed by atoms with Crippen molar-refractivity contribution in [2.75, 3.05) is 59.0 Å². The van der Waals surface area contributed by atoms with Crippen molar-refractivity contribution >= 4 is 12.0 Å². The molecule has 2 amide bonds. The highest BCUT2D eigenvalue weighted by molar-refractivity contribution is 5.96. The summed E-state index contributed by atoms with van der Waals surface area (Å²) in [7, 11) is 0. The lowest BCUT2D eigenvalue weighted by Gasteiger charge is -2.57. The van der Waals surface area contributed by atoms with Gasteiger partial charge in [-0.1, -0.05) is 19.8 Å². The summed E-state index contributed by atoms with van der Waals surface area (Å²) in [5, 5.41) is 3.50. The van der Waals surface area contributed by atoms with Gasteiger partial charge in [0.05, 0.1) is 30.2 Å². The second kappa shape index (κ2) is 13.2. The summed E-state index contributed by atoms with van der Waals surface area (Å²) in [6.07, 6.45) is 10.8. The number of hydrogen-bond acceptors (Lipinski definition) is 8. The molecule has 0 saturated carbocycles. The zero-order valence-corrected chi connectivity index (χ0v) is 27.5. The lowest BCUT2D eigenvalue weighted by Crippen LogP contribution is -2.66. The van der Waals surface area contributed by atoms with E-state index < -0.39 is 0 Å². The van der Waals surface area contributed by atoms with E-state index in [1.165, 1.54) is 12.7 Å². The van der Waals surface area contributed by atoms with Crippen molar-refractivity contribution in [1.82, 2.24) is 30.0 Å². The molecular weight excluding hydrogens is 556 g/mol. The highest BCUT2D eigenvalue weighted by Crippen LogP contribution is 2.45. The predicted molar refractivity (Wildman–Crippen MR) is 168 cm³/mol. The van der Waals surface area contributed by atoms with Crippen LogP contribution in [0.5, 0.6) is 0 Å². The van der Waals surface area contributed by atoms with Crippen molar-refractivity contribution in [2.24, 2.45) is 17.8 Å². The van der Waals surface area contributed by atoms with Crippen LogP contribution < -0.4 is 5.32 Å². The fourth-order valence-electron chi connectivity index (χ4n) is 8.88. The van der Waals surface area contributed by atoms with E-state index in [-0.39, 0.29) is 29.2 Å². The monoisotopic (exact) mass is 610 g/mol. The van der Waals surface area contributed by atoms with Crippen LogP contribution in [0.1, 0.15) is 93.4 Å². The summed E-state index contributed by atoms with van der Waals surface area (Å²) in [5.41, 5.74) is 1.80. The number of nitrogens with one attached hydrogen (secondary N) is 1. The zero-order valence-electron chi connectivity index (χ0n) is 27.5. The number of rotatable bonds is 8. The number of carbonyl (C=O) groups excluding carboxylic acids is 2. The Bertz CT molecular complexity index is 1150. The van der Waals surface area contributed by atoms with Crippen LogP contribution in [0.4, 0.5) is 4.79 Å². The Morgan fingerprint density at radius 2 is 1.68 bits per heavy atom. The molecular formula is C34H54N6O4. The van der Waals surface area contributed by atoms with Gasteiger partial charge in [0.15, 0.2) is 0 Å². The van der Waals surface area contributed by atoms with Gasteiger partial charge < -0.3 is 24.6 Å². The standard InChI is InChI=1S/C34H54N6O4/c1-5-6-7-28-20-40(30(27-21-43-22-27)26-8-14-35-15-9-26)32(42)44-34(28)12-18-39(19-13-34)33(4)10-16-38(17-11-33)31(41)29-24(2)36-23-37-25(29)3/h23,26-28,30,35H,5-22H2,1-4H3. The molecule has 0 aromatic carbocycles. The number of amides is 2. The number of carbonyl (C=O) groups is 2. The highest BCUT2D eigenvalue weighted by atomic mass is 16.6. The van der Waals surface area contributed by atoms with E-state index in [2.05, 4.69) is 38.9 Å². The van der Waals surface area contributed by atoms with Gasteiger partial charge in [0.1, 0.15) is 11.9 Å². The molecule has 2 unspecified atom stereocenters. The predicted octanol–water partition coefficient (Wildman–Crippen LogP) is 4.20. The van der Waals surface area contributed by atoms with Gasteiger partial charge in [-0.3, -0.25) is 9.69 Å². The summed E-state index contributed by atoms with van der Waals surface area (Å²) in [4.78, 5) is 42.6. The van der Waals surface area contributed by atoms with Gasteiger partial charge in [-0.2, -0.15) is 0 Å². The minimum absolute atomic E-state index is 0.0314. The fourth-order valence-corrected chi connectivity index (χ4v) is 8.88. The smallest absolute Gasteiger partial charge is 0.410 e. The Morgan fingerprint density at radius 1 is 1.02 bits per heavy atom. The number of hydrogen-bond donors (Lipinski definition) is 1. The van der Waals surface area contributed by atoms with Gasteiger partial charge in [0.25, 0.3) is 5.91 Å². The molecule has 5 aliphatic heterocycles. The molecule has 5 aliphatic rings. The molecule has 0 aliphatic carbocycles. The Balaban J connectivity index is 1.11. The molecule has 0 radical (unpaired) electrons. The summed E-state index contributed by atoms with van der Waals surface area (Å²) >= 11 is 0. The van der Waals surface area contributed by atoms with Crippen LogP contribution in [0, 0.1) is 31.6 Å². The van der Waals surface area contributed by atoms with Gasteiger partial charge in [0, 0.05) is 69.0 Å². The molecule has 6 heterocycles. The highest BCUT2D eigenvalue weighted by Gasteiger charge is 2.54. The SMILES string of the molecule is CCCCC1CN(C(C2CCNCC2)C2COC2)C(=O)OC12CCN(C1(C)CCN(C(=O)c3c(C)ncnc3C)CC1)CC2. The van der Waals surface area contributed by atoms with Crippen molar-refractivity contribution in [3.05, 3.63) is 23.3 Å². The maximum absolute atomic E-state index is 13.9. The molecule has 1 spiro atoms. The molecule has 1 N–H and O–H groups in total. The average molecular weight is 611 g/mol. The number of ether oxygens (including phenoxy) is 2. The third kappa shape index (κ3) is 6.10. The van der Waals surface area contributed by atoms with E-state index in [1.807, 2.05) is 18.7 Å². The van der Waals surface area contributed by atoms with E-state index >= 15 is 0 Å². The molecule has 2 atom stereocenters. The van der Waals surface area contributed by atoms with Crippen LogP contribution in [0.3, 0.4) is 0 Å². The fraction of sp³-hybridized carbons (Fsp3) is 0.824. The van der Waals surface area contributed by atoms with E-state index in [0.29, 0.717) is 23.3 Å². The van der Waals surface area contributed by atoms with Gasteiger partial charge in [-0.25, -0.2) is 14.8 Å². The van der Waals surface area contributed by atoms with Crippen LogP contribution in [-0.2, 0) is 9.47 Å². The van der Waals surface area contributed by atoms with Crippen LogP contribution in [-0.4, -0.2) is 113 Å². The normalized spacial score (nSPS) is 27.2. The lowest BCUT2D eigenvalue weighted by molar-refractivity contribution is -0.157.